The van der Waals surface area contributed by atoms with Crippen LogP contribution in [0.3, 0.4) is 0 Å². The largest absolute Gasteiger partial charge is 0.482 e. The topological polar surface area (TPSA) is 73.9 Å². The molecule has 23 heavy (non-hydrogen) atoms. The number of nitrogens with one attached hydrogen (secondary N) is 1. The zero-order chi connectivity index (χ0) is 17.5. The van der Waals surface area contributed by atoms with Crippen molar-refractivity contribution in [2.75, 3.05) is 13.2 Å². The van der Waals surface area contributed by atoms with Gasteiger partial charge in [-0.1, -0.05) is 12.1 Å². The maximum absolute atomic E-state index is 11.8. The van der Waals surface area contributed by atoms with Crippen LogP contribution in [0.1, 0.15) is 46.2 Å². The van der Waals surface area contributed by atoms with Gasteiger partial charge in [0.1, 0.15) is 11.4 Å². The minimum absolute atomic E-state index is 0.148. The van der Waals surface area contributed by atoms with Crippen molar-refractivity contribution in [2.24, 2.45) is 0 Å². The van der Waals surface area contributed by atoms with E-state index in [1.807, 2.05) is 13.0 Å². The molecule has 6 heteroatoms. The van der Waals surface area contributed by atoms with Crippen LogP contribution in [0.25, 0.3) is 0 Å². The summed E-state index contributed by atoms with van der Waals surface area (Å²) >= 11 is 0. The molecule has 0 aliphatic rings. The van der Waals surface area contributed by atoms with E-state index in [2.05, 4.69) is 5.32 Å². The number of alkyl carbamates (subject to hydrolysis) is 1. The first-order valence-corrected chi connectivity index (χ1v) is 7.59. The molecule has 0 bridgehead atoms. The van der Waals surface area contributed by atoms with Crippen LogP contribution in [-0.2, 0) is 14.3 Å². The lowest BCUT2D eigenvalue weighted by atomic mass is 10.1. The highest BCUT2D eigenvalue weighted by molar-refractivity contribution is 5.71. The monoisotopic (exact) mass is 323 g/mol. The van der Waals surface area contributed by atoms with Crippen molar-refractivity contribution in [3.05, 3.63) is 29.8 Å². The molecule has 6 nitrogen and oxygen atoms in total. The fourth-order valence-electron chi connectivity index (χ4n) is 1.79. The Bertz CT molecular complexity index is 536. The zero-order valence-corrected chi connectivity index (χ0v) is 14.3. The van der Waals surface area contributed by atoms with Crippen LogP contribution in [-0.4, -0.2) is 30.9 Å². The van der Waals surface area contributed by atoms with Gasteiger partial charge in [-0.2, -0.15) is 0 Å². The normalized spacial score (nSPS) is 12.2. The van der Waals surface area contributed by atoms with Crippen LogP contribution >= 0.6 is 0 Å². The van der Waals surface area contributed by atoms with Gasteiger partial charge < -0.3 is 19.5 Å². The SMILES string of the molecule is CCOC(=O)COc1cccc([C@@H](C)NC(=O)OC(C)(C)C)c1. The molecule has 0 saturated carbocycles. The van der Waals surface area contributed by atoms with Gasteiger partial charge in [0.25, 0.3) is 0 Å². The number of carbonyl (C=O) groups excluding carboxylic acids is 2. The molecule has 0 unspecified atom stereocenters. The second-order valence-corrected chi connectivity index (χ2v) is 6.03. The van der Waals surface area contributed by atoms with E-state index in [4.69, 9.17) is 14.2 Å². The van der Waals surface area contributed by atoms with E-state index in [1.165, 1.54) is 0 Å². The average Bonchev–Trinajstić information content (AvgIpc) is 2.43. The Balaban J connectivity index is 2.61. The number of ether oxygens (including phenoxy) is 3. The molecule has 0 spiro atoms. The van der Waals surface area contributed by atoms with Crippen molar-refractivity contribution in [3.8, 4) is 5.75 Å². The van der Waals surface area contributed by atoms with Crippen molar-refractivity contribution >= 4 is 12.1 Å². The van der Waals surface area contributed by atoms with Crippen LogP contribution in [0.15, 0.2) is 24.3 Å². The maximum Gasteiger partial charge on any atom is 0.408 e. The molecular formula is C17H25NO5. The van der Waals surface area contributed by atoms with Gasteiger partial charge in [-0.3, -0.25) is 0 Å². The Labute approximate surface area is 137 Å². The third-order valence-corrected chi connectivity index (χ3v) is 2.75. The van der Waals surface area contributed by atoms with Crippen molar-refractivity contribution < 1.29 is 23.8 Å². The van der Waals surface area contributed by atoms with E-state index in [9.17, 15) is 9.59 Å². The van der Waals surface area contributed by atoms with E-state index >= 15 is 0 Å². The predicted molar refractivity (Wildman–Crippen MR) is 86.4 cm³/mol. The molecule has 1 aromatic carbocycles. The Morgan fingerprint density at radius 1 is 1.26 bits per heavy atom. The smallest absolute Gasteiger partial charge is 0.408 e. The molecule has 0 aromatic heterocycles. The minimum Gasteiger partial charge on any atom is -0.482 e. The molecular weight excluding hydrogens is 298 g/mol. The molecule has 1 rings (SSSR count). The second kappa shape index (κ2) is 8.41. The van der Waals surface area contributed by atoms with Gasteiger partial charge in [0.05, 0.1) is 12.6 Å². The molecule has 0 fully saturated rings. The summed E-state index contributed by atoms with van der Waals surface area (Å²) in [7, 11) is 0. The third kappa shape index (κ3) is 7.54. The van der Waals surface area contributed by atoms with Gasteiger partial charge >= 0.3 is 12.1 Å². The maximum atomic E-state index is 11.8. The summed E-state index contributed by atoms with van der Waals surface area (Å²) in [5, 5.41) is 2.76. The van der Waals surface area contributed by atoms with E-state index < -0.39 is 17.7 Å². The summed E-state index contributed by atoms with van der Waals surface area (Å²) in [5.74, 6) is 0.117. The first kappa shape index (κ1) is 18.8. The predicted octanol–water partition coefficient (Wildman–Crippen LogP) is 3.21. The molecule has 0 heterocycles. The van der Waals surface area contributed by atoms with Gasteiger partial charge in [-0.05, 0) is 52.3 Å². The number of hydrogen-bond acceptors (Lipinski definition) is 5. The number of rotatable bonds is 6. The number of esters is 1. The average molecular weight is 323 g/mol. The van der Waals surface area contributed by atoms with E-state index in [0.717, 1.165) is 5.56 Å². The van der Waals surface area contributed by atoms with Gasteiger partial charge in [-0.15, -0.1) is 0 Å². The van der Waals surface area contributed by atoms with Crippen LogP contribution in [0.5, 0.6) is 5.75 Å². The number of carbonyl (C=O) groups is 2. The Morgan fingerprint density at radius 3 is 2.57 bits per heavy atom. The highest BCUT2D eigenvalue weighted by Crippen LogP contribution is 2.19. The molecule has 1 atom stereocenters. The quantitative estimate of drug-likeness (QED) is 0.814. The first-order valence-electron chi connectivity index (χ1n) is 7.59. The first-order chi connectivity index (χ1) is 10.7. The summed E-state index contributed by atoms with van der Waals surface area (Å²) in [6.45, 7) is 9.17. The molecule has 1 amide bonds. The third-order valence-electron chi connectivity index (χ3n) is 2.75. The Morgan fingerprint density at radius 2 is 1.96 bits per heavy atom. The molecule has 0 aliphatic carbocycles. The van der Waals surface area contributed by atoms with E-state index in [0.29, 0.717) is 12.4 Å². The standard InChI is InChI=1S/C17H25NO5/c1-6-21-15(19)11-22-14-9-7-8-13(10-14)12(2)18-16(20)23-17(3,4)5/h7-10,12H,6,11H2,1-5H3,(H,18,20)/t12-/m1/s1. The molecule has 128 valence electrons. The zero-order valence-electron chi connectivity index (χ0n) is 14.3. The van der Waals surface area contributed by atoms with Gasteiger partial charge in [-0.25, -0.2) is 9.59 Å². The van der Waals surface area contributed by atoms with Gasteiger partial charge in [0.15, 0.2) is 6.61 Å². The van der Waals surface area contributed by atoms with Crippen LogP contribution in [0.4, 0.5) is 4.79 Å². The summed E-state index contributed by atoms with van der Waals surface area (Å²) in [6, 6.07) is 6.91. The van der Waals surface area contributed by atoms with Crippen LogP contribution in [0.2, 0.25) is 0 Å². The summed E-state index contributed by atoms with van der Waals surface area (Å²) in [5.41, 5.74) is 0.297. The number of amides is 1. The summed E-state index contributed by atoms with van der Waals surface area (Å²) in [4.78, 5) is 23.1. The highest BCUT2D eigenvalue weighted by Gasteiger charge is 2.18. The van der Waals surface area contributed by atoms with Crippen molar-refractivity contribution in [3.63, 3.8) is 0 Å². The molecule has 0 radical (unpaired) electrons. The molecule has 0 aliphatic heterocycles. The van der Waals surface area contributed by atoms with Gasteiger partial charge in [0, 0.05) is 0 Å². The van der Waals surface area contributed by atoms with Gasteiger partial charge in [0.2, 0.25) is 0 Å². The fraction of sp³-hybridized carbons (Fsp3) is 0.529. The summed E-state index contributed by atoms with van der Waals surface area (Å²) in [6.07, 6.45) is -0.483. The molecule has 1 aromatic rings. The Kier molecular flexibility index (Phi) is 6.88. The molecule has 0 saturated heterocycles. The van der Waals surface area contributed by atoms with E-state index in [-0.39, 0.29) is 12.6 Å². The second-order valence-electron chi connectivity index (χ2n) is 6.03. The van der Waals surface area contributed by atoms with E-state index in [1.54, 1.807) is 45.9 Å². The van der Waals surface area contributed by atoms with Crippen molar-refractivity contribution in [1.29, 1.82) is 0 Å². The lowest BCUT2D eigenvalue weighted by Gasteiger charge is -2.22. The van der Waals surface area contributed by atoms with Crippen molar-refractivity contribution in [1.82, 2.24) is 5.32 Å². The van der Waals surface area contributed by atoms with Crippen LogP contribution in [0, 0.1) is 0 Å². The minimum atomic E-state index is -0.547. The molecule has 1 N–H and O–H groups in total. The van der Waals surface area contributed by atoms with Crippen molar-refractivity contribution in [2.45, 2.75) is 46.3 Å². The fourth-order valence-corrected chi connectivity index (χ4v) is 1.79. The lowest BCUT2D eigenvalue weighted by molar-refractivity contribution is -0.145. The highest BCUT2D eigenvalue weighted by atomic mass is 16.6. The number of benzene rings is 1. The van der Waals surface area contributed by atoms with Crippen LogP contribution < -0.4 is 10.1 Å². The lowest BCUT2D eigenvalue weighted by Crippen LogP contribution is -2.34. The Hall–Kier alpha value is -2.24. The summed E-state index contributed by atoms with van der Waals surface area (Å²) < 4.78 is 15.4. The number of hydrogen-bond donors (Lipinski definition) is 1.